The largest absolute Gasteiger partial charge is 0.329 e. The minimum Gasteiger partial charge on any atom is -0.288 e. The van der Waals surface area contributed by atoms with Crippen molar-refractivity contribution in [3.63, 3.8) is 0 Å². The fourth-order valence-corrected chi connectivity index (χ4v) is 5.40. The van der Waals surface area contributed by atoms with Gasteiger partial charge in [0.05, 0.1) is 23.6 Å². The summed E-state index contributed by atoms with van der Waals surface area (Å²) in [4.78, 5) is 16.2. The van der Waals surface area contributed by atoms with E-state index in [1.54, 1.807) is 9.80 Å². The van der Waals surface area contributed by atoms with Gasteiger partial charge in [0.25, 0.3) is 0 Å². The van der Waals surface area contributed by atoms with Gasteiger partial charge in [-0.1, -0.05) is 36.4 Å². The zero-order chi connectivity index (χ0) is 16.0. The molecule has 0 N–H and O–H groups in total. The molecule has 0 aromatic heterocycles. The second-order valence-electron chi connectivity index (χ2n) is 5.91. The van der Waals surface area contributed by atoms with E-state index in [0.717, 1.165) is 11.4 Å². The van der Waals surface area contributed by atoms with E-state index in [1.807, 2.05) is 60.7 Å². The van der Waals surface area contributed by atoms with E-state index in [-0.39, 0.29) is 29.6 Å². The van der Waals surface area contributed by atoms with Gasteiger partial charge < -0.3 is 0 Å². The highest BCUT2D eigenvalue weighted by atomic mass is 32.2. The first-order valence-corrected chi connectivity index (χ1v) is 9.32. The summed E-state index contributed by atoms with van der Waals surface area (Å²) in [7, 11) is -3.15. The lowest BCUT2D eigenvalue weighted by Gasteiger charge is -2.22. The van der Waals surface area contributed by atoms with Crippen molar-refractivity contribution in [3.8, 4) is 0 Å². The van der Waals surface area contributed by atoms with Crippen LogP contribution in [0.15, 0.2) is 60.7 Å². The Labute approximate surface area is 135 Å². The highest BCUT2D eigenvalue weighted by Crippen LogP contribution is 2.37. The van der Waals surface area contributed by atoms with Gasteiger partial charge in [0.1, 0.15) is 0 Å². The topological polar surface area (TPSA) is 57.7 Å². The molecule has 0 bridgehead atoms. The molecule has 2 saturated heterocycles. The molecule has 0 spiro atoms. The second kappa shape index (κ2) is 5.09. The minimum absolute atomic E-state index is 0.0155. The van der Waals surface area contributed by atoms with E-state index < -0.39 is 9.84 Å². The average molecular weight is 328 g/mol. The number of benzene rings is 2. The van der Waals surface area contributed by atoms with Crippen molar-refractivity contribution in [3.05, 3.63) is 60.7 Å². The summed E-state index contributed by atoms with van der Waals surface area (Å²) >= 11 is 0. The van der Waals surface area contributed by atoms with Crippen molar-refractivity contribution in [1.82, 2.24) is 0 Å². The molecular weight excluding hydrogens is 312 g/mol. The van der Waals surface area contributed by atoms with Gasteiger partial charge in [-0.05, 0) is 24.3 Å². The normalized spacial score (nSPS) is 25.7. The van der Waals surface area contributed by atoms with E-state index in [1.165, 1.54) is 0 Å². The summed E-state index contributed by atoms with van der Waals surface area (Å²) in [5.41, 5.74) is 1.48. The molecule has 0 aliphatic carbocycles. The Kier molecular flexibility index (Phi) is 3.16. The Morgan fingerprint density at radius 3 is 1.52 bits per heavy atom. The fraction of sp³-hybridized carbons (Fsp3) is 0.235. The van der Waals surface area contributed by atoms with Crippen LogP contribution in [0, 0.1) is 0 Å². The third-order valence-electron chi connectivity index (χ3n) is 4.44. The van der Waals surface area contributed by atoms with Crippen LogP contribution in [0.4, 0.5) is 16.2 Å². The number of rotatable bonds is 2. The predicted octanol–water partition coefficient (Wildman–Crippen LogP) is 2.30. The molecule has 5 nitrogen and oxygen atoms in total. The van der Waals surface area contributed by atoms with Crippen LogP contribution in [-0.4, -0.2) is 38.0 Å². The first-order valence-electron chi connectivity index (χ1n) is 7.50. The molecule has 2 aromatic carbocycles. The van der Waals surface area contributed by atoms with Crippen molar-refractivity contribution in [2.45, 2.75) is 12.1 Å². The Bertz CT molecular complexity index is 773. The number of para-hydroxylation sites is 2. The van der Waals surface area contributed by atoms with Crippen molar-refractivity contribution >= 4 is 27.2 Å². The van der Waals surface area contributed by atoms with E-state index >= 15 is 0 Å². The maximum atomic E-state index is 13.0. The predicted molar refractivity (Wildman–Crippen MR) is 89.5 cm³/mol. The molecule has 2 heterocycles. The number of hydrogen-bond donors (Lipinski definition) is 0. The van der Waals surface area contributed by atoms with Crippen LogP contribution in [0.1, 0.15) is 0 Å². The molecule has 2 aliphatic heterocycles. The number of amides is 2. The van der Waals surface area contributed by atoms with Crippen molar-refractivity contribution in [2.75, 3.05) is 21.3 Å². The Morgan fingerprint density at radius 2 is 1.13 bits per heavy atom. The molecule has 2 amide bonds. The number of hydrogen-bond acceptors (Lipinski definition) is 3. The number of anilines is 2. The zero-order valence-electron chi connectivity index (χ0n) is 12.4. The summed E-state index contributed by atoms with van der Waals surface area (Å²) < 4.78 is 24.3. The van der Waals surface area contributed by atoms with Crippen LogP contribution in [0.2, 0.25) is 0 Å². The highest BCUT2D eigenvalue weighted by Gasteiger charge is 2.54. The van der Waals surface area contributed by atoms with E-state index in [9.17, 15) is 13.2 Å². The maximum Gasteiger partial charge on any atom is 0.329 e. The Balaban J connectivity index is 1.82. The summed E-state index contributed by atoms with van der Waals surface area (Å²) in [5, 5.41) is 0. The molecule has 2 aliphatic rings. The molecule has 118 valence electrons. The molecule has 0 saturated carbocycles. The second-order valence-corrected chi connectivity index (χ2v) is 8.06. The van der Waals surface area contributed by atoms with E-state index in [0.29, 0.717) is 0 Å². The summed E-state index contributed by atoms with van der Waals surface area (Å²) in [6.07, 6.45) is 0. The van der Waals surface area contributed by atoms with Crippen molar-refractivity contribution in [1.29, 1.82) is 0 Å². The van der Waals surface area contributed by atoms with Crippen LogP contribution in [0.3, 0.4) is 0 Å². The van der Waals surface area contributed by atoms with Gasteiger partial charge in [-0.3, -0.25) is 9.80 Å². The number of carbonyl (C=O) groups is 1. The van der Waals surface area contributed by atoms with Gasteiger partial charge in [0.2, 0.25) is 0 Å². The number of nitrogens with zero attached hydrogens (tertiary/aromatic N) is 2. The quantitative estimate of drug-likeness (QED) is 0.795. The SMILES string of the molecule is O=C1N(c2ccccc2)[C@@H]2CS(=O)(=O)C[C@H]2N1c1ccccc1. The summed E-state index contributed by atoms with van der Waals surface area (Å²) in [6.45, 7) is 0. The van der Waals surface area contributed by atoms with Crippen LogP contribution in [0.5, 0.6) is 0 Å². The van der Waals surface area contributed by atoms with Crippen LogP contribution in [-0.2, 0) is 9.84 Å². The molecule has 2 aromatic rings. The van der Waals surface area contributed by atoms with Crippen molar-refractivity contribution in [2.24, 2.45) is 0 Å². The van der Waals surface area contributed by atoms with Gasteiger partial charge in [-0.15, -0.1) is 0 Å². The lowest BCUT2D eigenvalue weighted by atomic mass is 10.1. The summed E-state index contributed by atoms with van der Waals surface area (Å²) in [5.74, 6) is 0.0310. The smallest absolute Gasteiger partial charge is 0.288 e. The molecule has 2 fully saturated rings. The lowest BCUT2D eigenvalue weighted by Crippen LogP contribution is -2.37. The molecule has 23 heavy (non-hydrogen) atoms. The minimum atomic E-state index is -3.15. The monoisotopic (exact) mass is 328 g/mol. The molecule has 0 radical (unpaired) electrons. The number of fused-ring (bicyclic) bond motifs is 1. The lowest BCUT2D eigenvalue weighted by molar-refractivity contribution is 0.255. The third kappa shape index (κ3) is 2.30. The van der Waals surface area contributed by atoms with Gasteiger partial charge in [0, 0.05) is 11.4 Å². The Hall–Kier alpha value is -2.34. The molecule has 4 rings (SSSR count). The number of sulfone groups is 1. The van der Waals surface area contributed by atoms with Crippen LogP contribution in [0.25, 0.3) is 0 Å². The van der Waals surface area contributed by atoms with Crippen LogP contribution >= 0.6 is 0 Å². The van der Waals surface area contributed by atoms with Gasteiger partial charge in [-0.25, -0.2) is 13.2 Å². The Morgan fingerprint density at radius 1 is 0.739 bits per heavy atom. The summed E-state index contributed by atoms with van der Waals surface area (Å²) in [6, 6.07) is 17.7. The maximum absolute atomic E-state index is 13.0. The molecular formula is C17H16N2O3S. The third-order valence-corrected chi connectivity index (χ3v) is 6.14. The van der Waals surface area contributed by atoms with E-state index in [4.69, 9.17) is 0 Å². The van der Waals surface area contributed by atoms with Crippen LogP contribution < -0.4 is 9.80 Å². The average Bonchev–Trinajstić information content (AvgIpc) is 2.97. The fourth-order valence-electron chi connectivity index (χ4n) is 3.48. The molecule has 0 unspecified atom stereocenters. The van der Waals surface area contributed by atoms with Crippen molar-refractivity contribution < 1.29 is 13.2 Å². The van der Waals surface area contributed by atoms with Gasteiger partial charge >= 0.3 is 6.03 Å². The molecule has 6 heteroatoms. The highest BCUT2D eigenvalue weighted by molar-refractivity contribution is 7.91. The van der Waals surface area contributed by atoms with Gasteiger partial charge in [-0.2, -0.15) is 0 Å². The van der Waals surface area contributed by atoms with E-state index in [2.05, 4.69) is 0 Å². The first kappa shape index (κ1) is 14.3. The standard InChI is InChI=1S/C17H16N2O3S/c20-17-18(13-7-3-1-4-8-13)15-11-23(21,22)12-16(15)19(17)14-9-5-2-6-10-14/h1-10,15-16H,11-12H2/t15-,16-/m1/s1. The zero-order valence-corrected chi connectivity index (χ0v) is 13.2. The number of carbonyl (C=O) groups excluding carboxylic acids is 1. The van der Waals surface area contributed by atoms with Gasteiger partial charge in [0.15, 0.2) is 9.84 Å². The molecule has 2 atom stereocenters. The number of urea groups is 1. The first-order chi connectivity index (χ1) is 11.1.